The Morgan fingerprint density at radius 1 is 1.10 bits per heavy atom. The number of halogens is 1. The van der Waals surface area contributed by atoms with E-state index < -0.39 is 0 Å². The van der Waals surface area contributed by atoms with Crippen LogP contribution >= 0.6 is 11.6 Å². The quantitative estimate of drug-likeness (QED) is 0.748. The van der Waals surface area contributed by atoms with E-state index in [9.17, 15) is 9.59 Å². The third-order valence-corrected chi connectivity index (χ3v) is 5.17. The number of methoxy groups -OCH3 is 1. The summed E-state index contributed by atoms with van der Waals surface area (Å²) in [6, 6.07) is 12.2. The molecule has 3 rings (SSSR count). The number of hydrogen-bond acceptors (Lipinski definition) is 4. The summed E-state index contributed by atoms with van der Waals surface area (Å²) in [5.41, 5.74) is 0.963. The van der Waals surface area contributed by atoms with Gasteiger partial charge in [0.1, 0.15) is 18.1 Å². The number of hydrogen-bond donors (Lipinski definition) is 0. The van der Waals surface area contributed by atoms with Crippen molar-refractivity contribution in [3.8, 4) is 11.5 Å². The van der Waals surface area contributed by atoms with Gasteiger partial charge in [-0.3, -0.25) is 9.59 Å². The number of carbonyl (C=O) groups is 2. The average Bonchev–Trinajstić information content (AvgIpc) is 2.74. The van der Waals surface area contributed by atoms with E-state index in [2.05, 4.69) is 0 Å². The first-order valence-corrected chi connectivity index (χ1v) is 9.99. The fraction of sp³-hybridized carbons (Fsp3) is 0.364. The number of benzene rings is 2. The SMILES string of the molecule is COc1ccccc1C(=O)N1CCCCN(C)C(=O)c2cc(Cl)ccc2OCC1. The van der Waals surface area contributed by atoms with Crippen LogP contribution in [0.15, 0.2) is 42.5 Å². The minimum Gasteiger partial charge on any atom is -0.496 e. The second-order valence-corrected chi connectivity index (χ2v) is 7.35. The molecule has 1 heterocycles. The van der Waals surface area contributed by atoms with Gasteiger partial charge in [-0.2, -0.15) is 0 Å². The minimum absolute atomic E-state index is 0.0936. The summed E-state index contributed by atoms with van der Waals surface area (Å²) in [4.78, 5) is 29.3. The Morgan fingerprint density at radius 3 is 2.66 bits per heavy atom. The highest BCUT2D eigenvalue weighted by atomic mass is 35.5. The molecular formula is C22H25ClN2O4. The van der Waals surface area contributed by atoms with Gasteiger partial charge in [0.25, 0.3) is 11.8 Å². The van der Waals surface area contributed by atoms with Crippen LogP contribution in [0.25, 0.3) is 0 Å². The van der Waals surface area contributed by atoms with E-state index in [1.54, 1.807) is 54.3 Å². The molecule has 2 aromatic rings. The van der Waals surface area contributed by atoms with Crippen LogP contribution < -0.4 is 9.47 Å². The van der Waals surface area contributed by atoms with Crippen molar-refractivity contribution in [2.75, 3.05) is 40.4 Å². The molecule has 0 radical (unpaired) electrons. The smallest absolute Gasteiger partial charge is 0.257 e. The molecule has 1 aliphatic heterocycles. The van der Waals surface area contributed by atoms with Gasteiger partial charge >= 0.3 is 0 Å². The summed E-state index contributed by atoms with van der Waals surface area (Å²) < 4.78 is 11.2. The molecule has 0 bridgehead atoms. The van der Waals surface area contributed by atoms with Gasteiger partial charge in [0.2, 0.25) is 0 Å². The van der Waals surface area contributed by atoms with Crippen molar-refractivity contribution in [3.05, 3.63) is 58.6 Å². The normalized spacial score (nSPS) is 15.6. The van der Waals surface area contributed by atoms with Crippen molar-refractivity contribution in [3.63, 3.8) is 0 Å². The zero-order valence-corrected chi connectivity index (χ0v) is 17.4. The molecular weight excluding hydrogens is 392 g/mol. The summed E-state index contributed by atoms with van der Waals surface area (Å²) in [5, 5.41) is 0.481. The Kier molecular flexibility index (Phi) is 6.99. The maximum atomic E-state index is 13.1. The zero-order valence-electron chi connectivity index (χ0n) is 16.7. The van der Waals surface area contributed by atoms with Gasteiger partial charge in [-0.05, 0) is 43.2 Å². The summed E-state index contributed by atoms with van der Waals surface area (Å²) in [7, 11) is 3.32. The fourth-order valence-corrected chi connectivity index (χ4v) is 3.50. The molecule has 0 aliphatic carbocycles. The van der Waals surface area contributed by atoms with Gasteiger partial charge in [0, 0.05) is 25.2 Å². The Morgan fingerprint density at radius 2 is 1.86 bits per heavy atom. The molecule has 0 saturated heterocycles. The van der Waals surface area contributed by atoms with E-state index in [1.807, 2.05) is 12.1 Å². The molecule has 6 nitrogen and oxygen atoms in total. The van der Waals surface area contributed by atoms with E-state index in [-0.39, 0.29) is 18.4 Å². The van der Waals surface area contributed by atoms with Gasteiger partial charge in [0.15, 0.2) is 0 Å². The number of para-hydroxylation sites is 1. The van der Waals surface area contributed by atoms with Gasteiger partial charge in [-0.1, -0.05) is 23.7 Å². The van der Waals surface area contributed by atoms with E-state index >= 15 is 0 Å². The Balaban J connectivity index is 1.83. The van der Waals surface area contributed by atoms with Crippen LogP contribution in [0.3, 0.4) is 0 Å². The Hall–Kier alpha value is -2.73. The Labute approximate surface area is 176 Å². The van der Waals surface area contributed by atoms with Gasteiger partial charge in [-0.15, -0.1) is 0 Å². The molecule has 29 heavy (non-hydrogen) atoms. The predicted molar refractivity (Wildman–Crippen MR) is 112 cm³/mol. The highest BCUT2D eigenvalue weighted by Gasteiger charge is 2.22. The van der Waals surface area contributed by atoms with Crippen LogP contribution in [0, 0.1) is 0 Å². The van der Waals surface area contributed by atoms with E-state index in [4.69, 9.17) is 21.1 Å². The molecule has 0 spiro atoms. The van der Waals surface area contributed by atoms with Crippen molar-refractivity contribution in [2.24, 2.45) is 0 Å². The highest BCUT2D eigenvalue weighted by Crippen LogP contribution is 2.25. The maximum Gasteiger partial charge on any atom is 0.257 e. The molecule has 1 aliphatic rings. The lowest BCUT2D eigenvalue weighted by atomic mass is 10.1. The molecule has 0 atom stereocenters. The van der Waals surface area contributed by atoms with Gasteiger partial charge < -0.3 is 19.3 Å². The number of amides is 2. The molecule has 0 saturated carbocycles. The number of rotatable bonds is 2. The first-order valence-electron chi connectivity index (χ1n) is 9.61. The van der Waals surface area contributed by atoms with Crippen LogP contribution in [0.2, 0.25) is 5.02 Å². The third kappa shape index (κ3) is 5.01. The molecule has 154 valence electrons. The van der Waals surface area contributed by atoms with Crippen molar-refractivity contribution in [1.29, 1.82) is 0 Å². The van der Waals surface area contributed by atoms with Crippen LogP contribution in [0.1, 0.15) is 33.6 Å². The lowest BCUT2D eigenvalue weighted by Crippen LogP contribution is -2.37. The van der Waals surface area contributed by atoms with Crippen LogP contribution in [-0.2, 0) is 0 Å². The van der Waals surface area contributed by atoms with E-state index in [0.29, 0.717) is 47.3 Å². The van der Waals surface area contributed by atoms with Gasteiger partial charge in [0.05, 0.1) is 24.8 Å². The summed E-state index contributed by atoms with van der Waals surface area (Å²) in [6.45, 7) is 1.84. The largest absolute Gasteiger partial charge is 0.496 e. The predicted octanol–water partition coefficient (Wildman–Crippen LogP) is 3.74. The Bertz CT molecular complexity index is 887. The summed E-state index contributed by atoms with van der Waals surface area (Å²) in [5.74, 6) is 0.806. The average molecular weight is 417 g/mol. The molecule has 0 fully saturated rings. The van der Waals surface area contributed by atoms with Crippen molar-refractivity contribution in [2.45, 2.75) is 12.8 Å². The second-order valence-electron chi connectivity index (χ2n) is 6.92. The third-order valence-electron chi connectivity index (χ3n) is 4.93. The maximum absolute atomic E-state index is 13.1. The highest BCUT2D eigenvalue weighted by molar-refractivity contribution is 6.31. The number of carbonyl (C=O) groups excluding carboxylic acids is 2. The van der Waals surface area contributed by atoms with Crippen molar-refractivity contribution in [1.82, 2.24) is 9.80 Å². The molecule has 2 amide bonds. The number of nitrogens with zero attached hydrogens (tertiary/aromatic N) is 2. The molecule has 0 aromatic heterocycles. The number of fused-ring (bicyclic) bond motifs is 1. The first kappa shape index (κ1) is 21.0. The van der Waals surface area contributed by atoms with Crippen LogP contribution in [0.5, 0.6) is 11.5 Å². The summed E-state index contributed by atoms with van der Waals surface area (Å²) >= 11 is 6.09. The zero-order chi connectivity index (χ0) is 20.8. The standard InChI is InChI=1S/C22H25ClN2O4/c1-24-11-5-6-12-25(22(27)17-7-3-4-8-19(17)28-2)13-14-29-20-10-9-16(23)15-18(20)21(24)26/h3-4,7-10,15H,5-6,11-14H2,1-2H3. The van der Waals surface area contributed by atoms with Crippen molar-refractivity contribution < 1.29 is 19.1 Å². The fourth-order valence-electron chi connectivity index (χ4n) is 3.33. The first-order chi connectivity index (χ1) is 14.0. The van der Waals surface area contributed by atoms with Crippen LogP contribution in [0.4, 0.5) is 0 Å². The second kappa shape index (κ2) is 9.65. The van der Waals surface area contributed by atoms with Gasteiger partial charge in [-0.25, -0.2) is 0 Å². The lowest BCUT2D eigenvalue weighted by Gasteiger charge is -2.26. The monoisotopic (exact) mass is 416 g/mol. The molecule has 7 heteroatoms. The molecule has 0 N–H and O–H groups in total. The molecule has 2 aromatic carbocycles. The lowest BCUT2D eigenvalue weighted by molar-refractivity contribution is 0.0701. The minimum atomic E-state index is -0.120. The van der Waals surface area contributed by atoms with E-state index in [1.165, 1.54) is 0 Å². The molecule has 0 unspecified atom stereocenters. The van der Waals surface area contributed by atoms with E-state index in [0.717, 1.165) is 12.8 Å². The van der Waals surface area contributed by atoms with Crippen molar-refractivity contribution >= 4 is 23.4 Å². The van der Waals surface area contributed by atoms with Crippen LogP contribution in [-0.4, -0.2) is 62.0 Å². The number of ether oxygens (including phenoxy) is 2. The summed E-state index contributed by atoms with van der Waals surface area (Å²) in [6.07, 6.45) is 1.57. The topological polar surface area (TPSA) is 59.1 Å².